The van der Waals surface area contributed by atoms with Crippen molar-refractivity contribution in [2.75, 3.05) is 6.61 Å². The smallest absolute Gasteiger partial charge is 0.0431 e. The highest BCUT2D eigenvalue weighted by atomic mass is 16.2. The highest BCUT2D eigenvalue weighted by Crippen LogP contribution is 2.19. The molecule has 1 aromatic carbocycles. The van der Waals surface area contributed by atoms with Gasteiger partial charge in [0.2, 0.25) is 0 Å². The lowest BCUT2D eigenvalue weighted by molar-refractivity contribution is 0.272. The van der Waals surface area contributed by atoms with Crippen molar-refractivity contribution in [2.45, 2.75) is 51.6 Å². The summed E-state index contributed by atoms with van der Waals surface area (Å²) in [4.78, 5) is 0. The number of aliphatic hydroxyl groups is 1. The van der Waals surface area contributed by atoms with Gasteiger partial charge in [0.25, 0.3) is 0 Å². The molecule has 0 saturated heterocycles. The Balaban J connectivity index is 2.54. The van der Waals surface area contributed by atoms with E-state index in [2.05, 4.69) is 49.5 Å². The first-order valence-corrected chi connectivity index (χ1v) is 6.69. The van der Waals surface area contributed by atoms with E-state index < -0.39 is 0 Å². The van der Waals surface area contributed by atoms with Crippen LogP contribution in [0.5, 0.6) is 0 Å². The van der Waals surface area contributed by atoms with Crippen molar-refractivity contribution in [3.63, 3.8) is 0 Å². The molecule has 0 bridgehead atoms. The molecule has 96 valence electrons. The number of hydrogen-bond donors (Lipinski definition) is 2. The van der Waals surface area contributed by atoms with Crippen LogP contribution in [0.25, 0.3) is 0 Å². The molecule has 0 aliphatic carbocycles. The zero-order valence-electron chi connectivity index (χ0n) is 11.0. The highest BCUT2D eigenvalue weighted by molar-refractivity contribution is 5.18. The Morgan fingerprint density at radius 3 is 2.47 bits per heavy atom. The molecule has 2 unspecified atom stereocenters. The van der Waals surface area contributed by atoms with Crippen LogP contribution in [0.2, 0.25) is 0 Å². The fourth-order valence-electron chi connectivity index (χ4n) is 2.14. The van der Waals surface area contributed by atoms with Gasteiger partial charge < -0.3 is 10.4 Å². The van der Waals surface area contributed by atoms with Crippen LogP contribution >= 0.6 is 0 Å². The van der Waals surface area contributed by atoms with E-state index in [0.717, 1.165) is 19.3 Å². The van der Waals surface area contributed by atoms with Crippen molar-refractivity contribution in [1.82, 2.24) is 5.32 Å². The molecule has 0 fully saturated rings. The van der Waals surface area contributed by atoms with Gasteiger partial charge in [0.15, 0.2) is 0 Å². The SMILES string of the molecule is CCCC(NC(C)CCCO)c1ccccc1. The number of benzene rings is 1. The average molecular weight is 235 g/mol. The molecule has 17 heavy (non-hydrogen) atoms. The fourth-order valence-corrected chi connectivity index (χ4v) is 2.14. The maximum Gasteiger partial charge on any atom is 0.0431 e. The Morgan fingerprint density at radius 2 is 1.88 bits per heavy atom. The van der Waals surface area contributed by atoms with Crippen molar-refractivity contribution in [3.8, 4) is 0 Å². The average Bonchev–Trinajstić information content (AvgIpc) is 2.37. The van der Waals surface area contributed by atoms with Crippen molar-refractivity contribution in [1.29, 1.82) is 0 Å². The second-order valence-corrected chi connectivity index (χ2v) is 4.69. The molecule has 0 heterocycles. The van der Waals surface area contributed by atoms with Crippen LogP contribution in [0, 0.1) is 0 Å². The van der Waals surface area contributed by atoms with Crippen LogP contribution in [0.3, 0.4) is 0 Å². The van der Waals surface area contributed by atoms with Crippen molar-refractivity contribution in [3.05, 3.63) is 35.9 Å². The minimum atomic E-state index is 0.288. The van der Waals surface area contributed by atoms with Crippen LogP contribution in [0.4, 0.5) is 0 Å². The van der Waals surface area contributed by atoms with Gasteiger partial charge in [-0.3, -0.25) is 0 Å². The van der Waals surface area contributed by atoms with Gasteiger partial charge in [-0.1, -0.05) is 43.7 Å². The van der Waals surface area contributed by atoms with E-state index in [4.69, 9.17) is 5.11 Å². The Hall–Kier alpha value is -0.860. The molecule has 0 aliphatic heterocycles. The second-order valence-electron chi connectivity index (χ2n) is 4.69. The van der Waals surface area contributed by atoms with Crippen molar-refractivity contribution < 1.29 is 5.11 Å². The summed E-state index contributed by atoms with van der Waals surface area (Å²) in [6, 6.07) is 11.5. The molecule has 0 aliphatic rings. The van der Waals surface area contributed by atoms with E-state index in [-0.39, 0.29) is 6.61 Å². The molecular weight excluding hydrogens is 210 g/mol. The molecule has 0 saturated carbocycles. The molecule has 0 radical (unpaired) electrons. The molecule has 2 nitrogen and oxygen atoms in total. The van der Waals surface area contributed by atoms with Gasteiger partial charge in [0.1, 0.15) is 0 Å². The number of aliphatic hydroxyl groups excluding tert-OH is 1. The first kappa shape index (κ1) is 14.2. The van der Waals surface area contributed by atoms with Gasteiger partial charge in [0, 0.05) is 18.7 Å². The summed E-state index contributed by atoms with van der Waals surface area (Å²) in [5.74, 6) is 0. The first-order valence-electron chi connectivity index (χ1n) is 6.69. The molecule has 1 aromatic rings. The minimum Gasteiger partial charge on any atom is -0.396 e. The Morgan fingerprint density at radius 1 is 1.18 bits per heavy atom. The lowest BCUT2D eigenvalue weighted by Crippen LogP contribution is -2.30. The summed E-state index contributed by atoms with van der Waals surface area (Å²) >= 11 is 0. The molecule has 2 N–H and O–H groups in total. The first-order chi connectivity index (χ1) is 8.27. The highest BCUT2D eigenvalue weighted by Gasteiger charge is 2.12. The predicted molar refractivity (Wildman–Crippen MR) is 73.0 cm³/mol. The van der Waals surface area contributed by atoms with Gasteiger partial charge in [0.05, 0.1) is 0 Å². The van der Waals surface area contributed by atoms with Gasteiger partial charge in [-0.25, -0.2) is 0 Å². The van der Waals surface area contributed by atoms with Gasteiger partial charge in [-0.05, 0) is 31.7 Å². The zero-order chi connectivity index (χ0) is 12.5. The second kappa shape index (κ2) is 8.26. The van der Waals surface area contributed by atoms with Gasteiger partial charge in [-0.15, -0.1) is 0 Å². The number of nitrogens with one attached hydrogen (secondary N) is 1. The van der Waals surface area contributed by atoms with Gasteiger partial charge >= 0.3 is 0 Å². The van der Waals surface area contributed by atoms with E-state index in [1.807, 2.05) is 0 Å². The molecule has 0 aromatic heterocycles. The van der Waals surface area contributed by atoms with Crippen LogP contribution in [-0.4, -0.2) is 17.8 Å². The molecule has 1 rings (SSSR count). The third-order valence-electron chi connectivity index (χ3n) is 3.06. The van der Waals surface area contributed by atoms with Crippen LogP contribution in [-0.2, 0) is 0 Å². The van der Waals surface area contributed by atoms with E-state index in [1.54, 1.807) is 0 Å². The van der Waals surface area contributed by atoms with Crippen LogP contribution in [0.15, 0.2) is 30.3 Å². The molecular formula is C15H25NO. The Kier molecular flexibility index (Phi) is 6.90. The zero-order valence-corrected chi connectivity index (χ0v) is 11.0. The Labute approximate surface area is 105 Å². The Bertz CT molecular complexity index is 286. The van der Waals surface area contributed by atoms with Crippen molar-refractivity contribution in [2.24, 2.45) is 0 Å². The third kappa shape index (κ3) is 5.33. The van der Waals surface area contributed by atoms with E-state index in [9.17, 15) is 0 Å². The normalized spacial score (nSPS) is 14.5. The summed E-state index contributed by atoms with van der Waals surface area (Å²) in [7, 11) is 0. The van der Waals surface area contributed by atoms with E-state index in [0.29, 0.717) is 12.1 Å². The lowest BCUT2D eigenvalue weighted by atomic mass is 10.0. The molecule has 2 atom stereocenters. The standard InChI is InChI=1S/C15H25NO/c1-3-8-15(14-10-5-4-6-11-14)16-13(2)9-7-12-17/h4-6,10-11,13,15-17H,3,7-9,12H2,1-2H3. The fraction of sp³-hybridized carbons (Fsp3) is 0.600. The predicted octanol–water partition coefficient (Wildman–Crippen LogP) is 3.28. The quantitative estimate of drug-likeness (QED) is 0.724. The summed E-state index contributed by atoms with van der Waals surface area (Å²) in [6.07, 6.45) is 4.25. The maximum absolute atomic E-state index is 8.84. The monoisotopic (exact) mass is 235 g/mol. The van der Waals surface area contributed by atoms with E-state index >= 15 is 0 Å². The van der Waals surface area contributed by atoms with Gasteiger partial charge in [-0.2, -0.15) is 0 Å². The summed E-state index contributed by atoms with van der Waals surface area (Å²) in [6.45, 7) is 4.70. The summed E-state index contributed by atoms with van der Waals surface area (Å²) < 4.78 is 0. The molecule has 0 amide bonds. The lowest BCUT2D eigenvalue weighted by Gasteiger charge is -2.23. The topological polar surface area (TPSA) is 32.3 Å². The number of rotatable bonds is 8. The van der Waals surface area contributed by atoms with E-state index in [1.165, 1.54) is 12.0 Å². The van der Waals surface area contributed by atoms with Crippen molar-refractivity contribution >= 4 is 0 Å². The molecule has 0 spiro atoms. The van der Waals surface area contributed by atoms with Crippen LogP contribution in [0.1, 0.15) is 51.1 Å². The summed E-state index contributed by atoms with van der Waals surface area (Å²) in [5, 5.41) is 12.5. The maximum atomic E-state index is 8.84. The minimum absolute atomic E-state index is 0.288. The third-order valence-corrected chi connectivity index (χ3v) is 3.06. The van der Waals surface area contributed by atoms with Crippen LogP contribution < -0.4 is 5.32 Å². The largest absolute Gasteiger partial charge is 0.396 e. The number of hydrogen-bond acceptors (Lipinski definition) is 2. The summed E-state index contributed by atoms with van der Waals surface area (Å²) in [5.41, 5.74) is 1.37. The molecule has 2 heteroatoms.